The number of hydrogen-bond acceptors (Lipinski definition) is 3. The van der Waals surface area contributed by atoms with Crippen molar-refractivity contribution in [1.29, 1.82) is 0 Å². The van der Waals surface area contributed by atoms with Gasteiger partial charge >= 0.3 is 0 Å². The molecule has 4 heteroatoms. The molecule has 1 aromatic rings. The van der Waals surface area contributed by atoms with Crippen LogP contribution in [0, 0.1) is 0 Å². The molecule has 2 heterocycles. The van der Waals surface area contributed by atoms with Gasteiger partial charge in [-0.2, -0.15) is 0 Å². The van der Waals surface area contributed by atoms with Crippen molar-refractivity contribution >= 4 is 0 Å². The van der Waals surface area contributed by atoms with Crippen LogP contribution in [0.3, 0.4) is 0 Å². The summed E-state index contributed by atoms with van der Waals surface area (Å²) in [5, 5.41) is 11.1. The highest BCUT2D eigenvalue weighted by atomic mass is 15.3. The van der Waals surface area contributed by atoms with Crippen molar-refractivity contribution in [1.82, 2.24) is 20.1 Å². The monoisotopic (exact) mass is 166 g/mol. The zero-order chi connectivity index (χ0) is 8.39. The van der Waals surface area contributed by atoms with Crippen LogP contribution in [0.15, 0.2) is 12.7 Å². The van der Waals surface area contributed by atoms with Crippen LogP contribution in [-0.4, -0.2) is 27.4 Å². The highest BCUT2D eigenvalue weighted by Crippen LogP contribution is 2.20. The molecule has 0 aliphatic carbocycles. The molecule has 1 saturated heterocycles. The fourth-order valence-corrected chi connectivity index (χ4v) is 1.81. The largest absolute Gasteiger partial charge is 0.316 e. The molecule has 0 spiro atoms. The van der Waals surface area contributed by atoms with Crippen molar-refractivity contribution in [2.75, 3.05) is 6.54 Å². The second-order valence-electron chi connectivity index (χ2n) is 3.36. The van der Waals surface area contributed by atoms with Gasteiger partial charge in [-0.1, -0.05) is 0 Å². The first kappa shape index (κ1) is 7.73. The fraction of sp³-hybridized carbons (Fsp3) is 0.750. The van der Waals surface area contributed by atoms with Crippen molar-refractivity contribution in [2.24, 2.45) is 0 Å². The predicted octanol–water partition coefficient (Wildman–Crippen LogP) is 0.591. The van der Waals surface area contributed by atoms with Crippen molar-refractivity contribution in [3.63, 3.8) is 0 Å². The molecule has 1 aliphatic heterocycles. The molecule has 0 saturated carbocycles. The maximum absolute atomic E-state index is 3.82. The number of hydrogen-bond donors (Lipinski definition) is 1. The lowest BCUT2D eigenvalue weighted by molar-refractivity contribution is 0.295. The van der Waals surface area contributed by atoms with Crippen molar-refractivity contribution < 1.29 is 0 Å². The first-order chi connectivity index (χ1) is 5.88. The Morgan fingerprint density at radius 1 is 1.42 bits per heavy atom. The number of rotatable bonds is 1. The first-order valence-electron chi connectivity index (χ1n) is 4.45. The van der Waals surface area contributed by atoms with Crippen LogP contribution in [0.25, 0.3) is 0 Å². The fourth-order valence-electron chi connectivity index (χ4n) is 1.81. The highest BCUT2D eigenvalue weighted by molar-refractivity contribution is 4.84. The molecular formula is C8H14N4. The molecule has 2 rings (SSSR count). The Hall–Kier alpha value is -0.900. The summed E-state index contributed by atoms with van der Waals surface area (Å²) in [5.74, 6) is 0. The normalized spacial score (nSPS) is 30.4. The lowest BCUT2D eigenvalue weighted by atomic mass is 10.00. The van der Waals surface area contributed by atoms with Crippen molar-refractivity contribution in [3.05, 3.63) is 12.7 Å². The van der Waals surface area contributed by atoms with Crippen LogP contribution >= 0.6 is 0 Å². The zero-order valence-corrected chi connectivity index (χ0v) is 7.27. The highest BCUT2D eigenvalue weighted by Gasteiger charge is 2.21. The Kier molecular flexibility index (Phi) is 2.08. The van der Waals surface area contributed by atoms with Crippen LogP contribution in [0.2, 0.25) is 0 Å². The van der Waals surface area contributed by atoms with Gasteiger partial charge in [0, 0.05) is 6.04 Å². The van der Waals surface area contributed by atoms with E-state index in [-0.39, 0.29) is 0 Å². The maximum atomic E-state index is 3.82. The molecule has 66 valence electrons. The molecule has 1 aromatic heterocycles. The SMILES string of the molecule is CC1NCCCC1n1cnnc1. The number of aromatic nitrogens is 3. The van der Waals surface area contributed by atoms with E-state index < -0.39 is 0 Å². The second-order valence-corrected chi connectivity index (χ2v) is 3.36. The van der Waals surface area contributed by atoms with E-state index in [1.54, 1.807) is 12.7 Å². The lowest BCUT2D eigenvalue weighted by Gasteiger charge is -2.30. The minimum absolute atomic E-state index is 0.536. The van der Waals surface area contributed by atoms with E-state index in [9.17, 15) is 0 Å². The molecule has 1 fully saturated rings. The summed E-state index contributed by atoms with van der Waals surface area (Å²) in [7, 11) is 0. The van der Waals surface area contributed by atoms with Gasteiger partial charge < -0.3 is 9.88 Å². The molecule has 12 heavy (non-hydrogen) atoms. The second kappa shape index (κ2) is 3.23. The van der Waals surface area contributed by atoms with Gasteiger partial charge in [-0.05, 0) is 26.3 Å². The van der Waals surface area contributed by atoms with Crippen LogP contribution in [0.1, 0.15) is 25.8 Å². The van der Waals surface area contributed by atoms with Crippen molar-refractivity contribution in [2.45, 2.75) is 31.8 Å². The molecule has 1 aliphatic rings. The van der Waals surface area contributed by atoms with Gasteiger partial charge in [0.1, 0.15) is 12.7 Å². The quantitative estimate of drug-likeness (QED) is 0.664. The van der Waals surface area contributed by atoms with E-state index >= 15 is 0 Å². The third kappa shape index (κ3) is 1.34. The molecular weight excluding hydrogens is 152 g/mol. The summed E-state index contributed by atoms with van der Waals surface area (Å²) in [5.41, 5.74) is 0. The Bertz CT molecular complexity index is 231. The summed E-state index contributed by atoms with van der Waals surface area (Å²) in [6.45, 7) is 3.35. The molecule has 4 nitrogen and oxygen atoms in total. The zero-order valence-electron chi connectivity index (χ0n) is 7.27. The molecule has 0 aromatic carbocycles. The summed E-state index contributed by atoms with van der Waals surface area (Å²) >= 11 is 0. The van der Waals surface area contributed by atoms with Gasteiger partial charge in [-0.15, -0.1) is 10.2 Å². The molecule has 2 unspecified atom stereocenters. The standard InChI is InChI=1S/C8H14N4/c1-7-8(3-2-4-9-7)12-5-10-11-6-12/h5-9H,2-4H2,1H3. The number of piperidine rings is 1. The van der Waals surface area contributed by atoms with Gasteiger partial charge in [-0.3, -0.25) is 0 Å². The summed E-state index contributed by atoms with van der Waals surface area (Å²) in [6.07, 6.45) is 6.07. The maximum Gasteiger partial charge on any atom is 0.119 e. The van der Waals surface area contributed by atoms with Crippen LogP contribution in [0.4, 0.5) is 0 Å². The molecule has 0 amide bonds. The average Bonchev–Trinajstić information content (AvgIpc) is 2.57. The Balaban J connectivity index is 2.11. The first-order valence-corrected chi connectivity index (χ1v) is 4.45. The van der Waals surface area contributed by atoms with Gasteiger partial charge in [0.15, 0.2) is 0 Å². The Morgan fingerprint density at radius 2 is 2.17 bits per heavy atom. The van der Waals surface area contributed by atoms with E-state index in [2.05, 4.69) is 27.0 Å². The summed E-state index contributed by atoms with van der Waals surface area (Å²) in [6, 6.07) is 1.07. The lowest BCUT2D eigenvalue weighted by Crippen LogP contribution is -2.39. The molecule has 1 N–H and O–H groups in total. The number of nitrogens with zero attached hydrogens (tertiary/aromatic N) is 3. The van der Waals surface area contributed by atoms with Crippen LogP contribution in [-0.2, 0) is 0 Å². The smallest absolute Gasteiger partial charge is 0.119 e. The van der Waals surface area contributed by atoms with Crippen LogP contribution < -0.4 is 5.32 Å². The average molecular weight is 166 g/mol. The van der Waals surface area contributed by atoms with Crippen LogP contribution in [0.5, 0.6) is 0 Å². The topological polar surface area (TPSA) is 42.7 Å². The third-order valence-corrected chi connectivity index (χ3v) is 2.54. The Morgan fingerprint density at radius 3 is 2.83 bits per heavy atom. The minimum Gasteiger partial charge on any atom is -0.316 e. The molecule has 2 atom stereocenters. The van der Waals surface area contributed by atoms with Crippen molar-refractivity contribution in [3.8, 4) is 0 Å². The summed E-state index contributed by atoms with van der Waals surface area (Å²) in [4.78, 5) is 0. The van der Waals surface area contributed by atoms with Gasteiger partial charge in [0.25, 0.3) is 0 Å². The molecule has 0 bridgehead atoms. The van der Waals surface area contributed by atoms with Gasteiger partial charge in [0.2, 0.25) is 0 Å². The van der Waals surface area contributed by atoms with E-state index in [1.807, 2.05) is 0 Å². The molecule has 0 radical (unpaired) electrons. The van der Waals surface area contributed by atoms with E-state index in [4.69, 9.17) is 0 Å². The Labute approximate surface area is 72.0 Å². The van der Waals surface area contributed by atoms with E-state index in [1.165, 1.54) is 12.8 Å². The predicted molar refractivity (Wildman–Crippen MR) is 45.8 cm³/mol. The summed E-state index contributed by atoms with van der Waals surface area (Å²) < 4.78 is 2.09. The third-order valence-electron chi connectivity index (χ3n) is 2.54. The minimum atomic E-state index is 0.536. The van der Waals surface area contributed by atoms with E-state index in [0.29, 0.717) is 12.1 Å². The van der Waals surface area contributed by atoms with Gasteiger partial charge in [-0.25, -0.2) is 0 Å². The number of nitrogens with one attached hydrogen (secondary N) is 1. The van der Waals surface area contributed by atoms with E-state index in [0.717, 1.165) is 6.54 Å². The van der Waals surface area contributed by atoms with Gasteiger partial charge in [0.05, 0.1) is 6.04 Å².